The molecular formula is C39H50N6O6S. The van der Waals surface area contributed by atoms with Crippen LogP contribution in [0.25, 0.3) is 0 Å². The number of hydrogen-bond donors (Lipinski definition) is 5. The molecule has 0 saturated heterocycles. The summed E-state index contributed by atoms with van der Waals surface area (Å²) >= 11 is 0. The lowest BCUT2D eigenvalue weighted by atomic mass is 10.0. The van der Waals surface area contributed by atoms with Gasteiger partial charge in [0.15, 0.2) is 0 Å². The number of anilines is 1. The quantitative estimate of drug-likeness (QED) is 0.126. The van der Waals surface area contributed by atoms with Gasteiger partial charge < -0.3 is 26.6 Å². The lowest BCUT2D eigenvalue weighted by Gasteiger charge is -2.26. The second kappa shape index (κ2) is 19.4. The first-order valence-electron chi connectivity index (χ1n) is 17.2. The zero-order chi connectivity index (χ0) is 38.4. The first-order chi connectivity index (χ1) is 24.6. The highest BCUT2D eigenvalue weighted by molar-refractivity contribution is 7.92. The Morgan fingerprint density at radius 3 is 1.94 bits per heavy atom. The summed E-state index contributed by atoms with van der Waals surface area (Å²) in [4.78, 5) is 53.5. The van der Waals surface area contributed by atoms with Gasteiger partial charge in [-0.1, -0.05) is 74.5 Å². The van der Waals surface area contributed by atoms with E-state index in [0.717, 1.165) is 21.7 Å². The summed E-state index contributed by atoms with van der Waals surface area (Å²) in [6.45, 7) is 7.80. The minimum atomic E-state index is -3.74. The summed E-state index contributed by atoms with van der Waals surface area (Å²) in [5.74, 6) is 0.518. The minimum Gasteiger partial charge on any atom is -0.355 e. The van der Waals surface area contributed by atoms with Crippen molar-refractivity contribution in [3.63, 3.8) is 0 Å². The molecule has 4 atom stereocenters. The van der Waals surface area contributed by atoms with Crippen LogP contribution in [-0.4, -0.2) is 76.6 Å². The van der Waals surface area contributed by atoms with Crippen molar-refractivity contribution in [3.8, 4) is 12.3 Å². The number of likely N-dealkylation sites (N-methyl/N-ethyl adjacent to an activating group) is 1. The van der Waals surface area contributed by atoms with E-state index in [2.05, 4.69) is 32.5 Å². The first-order valence-corrected chi connectivity index (χ1v) is 19.0. The molecule has 0 aliphatic carbocycles. The molecule has 0 saturated carbocycles. The monoisotopic (exact) mass is 730 g/mol. The number of carbonyl (C=O) groups excluding carboxylic acids is 4. The van der Waals surface area contributed by atoms with E-state index in [1.807, 2.05) is 81.4 Å². The molecule has 0 radical (unpaired) electrons. The molecule has 0 aromatic heterocycles. The van der Waals surface area contributed by atoms with E-state index in [9.17, 15) is 27.6 Å². The Morgan fingerprint density at radius 1 is 0.827 bits per heavy atom. The molecule has 52 heavy (non-hydrogen) atoms. The predicted octanol–water partition coefficient (Wildman–Crippen LogP) is 3.17. The Bertz CT molecular complexity index is 1830. The number of benzene rings is 3. The van der Waals surface area contributed by atoms with Crippen molar-refractivity contribution in [1.29, 1.82) is 0 Å². The molecule has 0 unspecified atom stereocenters. The summed E-state index contributed by atoms with van der Waals surface area (Å²) in [5, 5.41) is 14.6. The van der Waals surface area contributed by atoms with Crippen LogP contribution in [0.5, 0.6) is 0 Å². The fourth-order valence-corrected chi connectivity index (χ4v) is 5.91. The van der Waals surface area contributed by atoms with Crippen molar-refractivity contribution in [2.45, 2.75) is 64.7 Å². The fraction of sp³-hybridized carbons (Fsp3) is 0.385. The SMILES string of the molecule is C#CC[C@H](NC[C@H](Cc1ccccc1)NC(=O)c1cc(C(=O)N[C@H](C)c2ccccc2)cc(N(C)S(C)(=O)=O)c1)C(=O)N[C@H](C(=O)NCC)C(C)C. The first kappa shape index (κ1) is 41.2. The number of rotatable bonds is 18. The number of carbonyl (C=O) groups is 4. The van der Waals surface area contributed by atoms with Crippen molar-refractivity contribution in [2.75, 3.05) is 30.7 Å². The number of sulfonamides is 1. The number of hydrogen-bond acceptors (Lipinski definition) is 7. The van der Waals surface area contributed by atoms with Crippen LogP contribution in [0.1, 0.15) is 72.0 Å². The van der Waals surface area contributed by atoms with Crippen LogP contribution in [0, 0.1) is 18.3 Å². The maximum atomic E-state index is 14.0. The van der Waals surface area contributed by atoms with E-state index in [-0.39, 0.29) is 47.6 Å². The van der Waals surface area contributed by atoms with Gasteiger partial charge in [-0.05, 0) is 55.5 Å². The molecule has 3 aromatic carbocycles. The molecule has 12 nitrogen and oxygen atoms in total. The van der Waals surface area contributed by atoms with Gasteiger partial charge >= 0.3 is 0 Å². The van der Waals surface area contributed by atoms with Gasteiger partial charge in [0.1, 0.15) is 6.04 Å². The second-order valence-electron chi connectivity index (χ2n) is 13.0. The molecule has 0 spiro atoms. The number of amides is 4. The van der Waals surface area contributed by atoms with Crippen LogP contribution in [0.15, 0.2) is 78.9 Å². The van der Waals surface area contributed by atoms with Gasteiger partial charge in [0.05, 0.1) is 24.0 Å². The van der Waals surface area contributed by atoms with Crippen molar-refractivity contribution in [3.05, 3.63) is 101 Å². The molecule has 0 heterocycles. The molecule has 0 fully saturated rings. The summed E-state index contributed by atoms with van der Waals surface area (Å²) in [6, 6.07) is 20.4. The lowest BCUT2D eigenvalue weighted by Crippen LogP contribution is -2.56. The Kier molecular flexibility index (Phi) is 15.4. The highest BCUT2D eigenvalue weighted by atomic mass is 32.2. The van der Waals surface area contributed by atoms with Gasteiger partial charge in [-0.2, -0.15) is 0 Å². The maximum absolute atomic E-state index is 14.0. The van der Waals surface area contributed by atoms with Crippen LogP contribution < -0.4 is 30.9 Å². The van der Waals surface area contributed by atoms with Crippen LogP contribution in [0.4, 0.5) is 5.69 Å². The highest BCUT2D eigenvalue weighted by Gasteiger charge is 2.28. The van der Waals surface area contributed by atoms with E-state index in [4.69, 9.17) is 6.42 Å². The molecule has 13 heteroatoms. The Balaban J connectivity index is 1.91. The van der Waals surface area contributed by atoms with E-state index in [0.29, 0.717) is 13.0 Å². The molecule has 3 rings (SSSR count). The standard InChI is InChI=1S/C39H50N6O6S/c1-8-16-34(38(48)44-35(26(3)4)39(49)40-9-2)41-25-32(21-28-17-12-10-13-18-28)43-37(47)31-22-30(23-33(24-31)45(6)52(7,50)51)36(46)42-27(5)29-19-14-11-15-20-29/h1,10-15,17-20,22-24,26-27,32,34-35,41H,9,16,21,25H2,2-7H3,(H,40,49)(H,42,46)(H,43,47)(H,44,48)/t27-,32+,34+,35+/m1/s1. The van der Waals surface area contributed by atoms with Crippen LogP contribution in [0.3, 0.4) is 0 Å². The Morgan fingerprint density at radius 2 is 1.40 bits per heavy atom. The van der Waals surface area contributed by atoms with Crippen LogP contribution in [-0.2, 0) is 26.0 Å². The van der Waals surface area contributed by atoms with Gasteiger partial charge in [0.25, 0.3) is 11.8 Å². The normalized spacial score (nSPS) is 13.5. The third-order valence-electron chi connectivity index (χ3n) is 8.46. The second-order valence-corrected chi connectivity index (χ2v) is 15.0. The third-order valence-corrected chi connectivity index (χ3v) is 9.66. The van der Waals surface area contributed by atoms with Gasteiger partial charge in [-0.15, -0.1) is 12.3 Å². The molecule has 3 aromatic rings. The van der Waals surface area contributed by atoms with E-state index in [1.54, 1.807) is 6.92 Å². The summed E-state index contributed by atoms with van der Waals surface area (Å²) in [5.41, 5.74) is 2.06. The molecular weight excluding hydrogens is 681 g/mol. The Hall–Kier alpha value is -5.19. The van der Waals surface area contributed by atoms with Crippen LogP contribution >= 0.6 is 0 Å². The van der Waals surface area contributed by atoms with E-state index < -0.39 is 45.9 Å². The van der Waals surface area contributed by atoms with E-state index >= 15 is 0 Å². The average molecular weight is 731 g/mol. The zero-order valence-electron chi connectivity index (χ0n) is 30.6. The molecule has 4 amide bonds. The fourth-order valence-electron chi connectivity index (χ4n) is 5.43. The topological polar surface area (TPSA) is 166 Å². The lowest BCUT2D eigenvalue weighted by molar-refractivity contribution is -0.131. The van der Waals surface area contributed by atoms with Crippen molar-refractivity contribution in [2.24, 2.45) is 5.92 Å². The van der Waals surface area contributed by atoms with Gasteiger partial charge in [-0.3, -0.25) is 23.5 Å². The largest absolute Gasteiger partial charge is 0.355 e. The van der Waals surface area contributed by atoms with Gasteiger partial charge in [-0.25, -0.2) is 8.42 Å². The average Bonchev–Trinajstić information content (AvgIpc) is 3.11. The molecule has 0 aliphatic rings. The summed E-state index contributed by atoms with van der Waals surface area (Å²) < 4.78 is 26.0. The molecule has 0 aliphatic heterocycles. The minimum absolute atomic E-state index is 0.0256. The van der Waals surface area contributed by atoms with Crippen molar-refractivity contribution < 1.29 is 27.6 Å². The summed E-state index contributed by atoms with van der Waals surface area (Å²) in [6.07, 6.45) is 7.04. The predicted molar refractivity (Wildman–Crippen MR) is 204 cm³/mol. The summed E-state index contributed by atoms with van der Waals surface area (Å²) in [7, 11) is -2.40. The number of nitrogens with zero attached hydrogens (tertiary/aromatic N) is 1. The highest BCUT2D eigenvalue weighted by Crippen LogP contribution is 2.22. The Labute approximate surface area is 307 Å². The number of terminal acetylenes is 1. The third kappa shape index (κ3) is 12.2. The van der Waals surface area contributed by atoms with Crippen LogP contribution in [0.2, 0.25) is 0 Å². The van der Waals surface area contributed by atoms with Crippen molar-refractivity contribution >= 4 is 39.3 Å². The van der Waals surface area contributed by atoms with E-state index in [1.165, 1.54) is 25.2 Å². The molecule has 5 N–H and O–H groups in total. The number of nitrogens with one attached hydrogen (secondary N) is 5. The molecule has 278 valence electrons. The van der Waals surface area contributed by atoms with Crippen molar-refractivity contribution in [1.82, 2.24) is 26.6 Å². The zero-order valence-corrected chi connectivity index (χ0v) is 31.4. The smallest absolute Gasteiger partial charge is 0.251 e. The van der Waals surface area contributed by atoms with Gasteiger partial charge in [0, 0.05) is 43.7 Å². The molecule has 0 bridgehead atoms. The maximum Gasteiger partial charge on any atom is 0.251 e. The van der Waals surface area contributed by atoms with Gasteiger partial charge in [0.2, 0.25) is 21.8 Å².